The highest BCUT2D eigenvalue weighted by molar-refractivity contribution is 6.02. The lowest BCUT2D eigenvalue weighted by atomic mass is 9.84. The van der Waals surface area contributed by atoms with Gasteiger partial charge in [0.2, 0.25) is 0 Å². The molecule has 1 N–H and O–H groups in total. The summed E-state index contributed by atoms with van der Waals surface area (Å²) in [6.07, 6.45) is 0.480. The molecular weight excluding hydrogens is 279 g/mol. The zero-order chi connectivity index (χ0) is 15.0. The number of hydrogen-bond acceptors (Lipinski definition) is 2. The van der Waals surface area contributed by atoms with Crippen LogP contribution in [-0.4, -0.2) is 12.3 Å². The standard InChI is InChI=1S/C16H12F3NO/c17-12-6-5-11(14(18)15(12)19)16(21)10-7-8-20-13-4-2-1-3-9(10)13/h1-6,10,20H,7-8H2. The van der Waals surface area contributed by atoms with Gasteiger partial charge in [0.05, 0.1) is 11.5 Å². The van der Waals surface area contributed by atoms with E-state index < -0.39 is 34.7 Å². The third kappa shape index (κ3) is 2.28. The van der Waals surface area contributed by atoms with Crippen molar-refractivity contribution in [2.75, 3.05) is 11.9 Å². The molecule has 21 heavy (non-hydrogen) atoms. The maximum Gasteiger partial charge on any atom is 0.195 e. The van der Waals surface area contributed by atoms with Crippen molar-refractivity contribution in [3.63, 3.8) is 0 Å². The summed E-state index contributed by atoms with van der Waals surface area (Å²) in [7, 11) is 0. The zero-order valence-corrected chi connectivity index (χ0v) is 11.0. The number of fused-ring (bicyclic) bond motifs is 1. The number of carbonyl (C=O) groups excluding carboxylic acids is 1. The van der Waals surface area contributed by atoms with Gasteiger partial charge in [0.1, 0.15) is 0 Å². The number of Topliss-reactive ketones (excluding diaryl/α,β-unsaturated/α-hetero) is 1. The average Bonchev–Trinajstić information content (AvgIpc) is 2.51. The number of carbonyl (C=O) groups is 1. The van der Waals surface area contributed by atoms with Gasteiger partial charge in [-0.1, -0.05) is 18.2 Å². The van der Waals surface area contributed by atoms with E-state index >= 15 is 0 Å². The Morgan fingerprint density at radius 3 is 2.62 bits per heavy atom. The van der Waals surface area contributed by atoms with Crippen LogP contribution in [0.5, 0.6) is 0 Å². The number of anilines is 1. The SMILES string of the molecule is O=C(c1ccc(F)c(F)c1F)C1CCNc2ccccc21. The summed E-state index contributed by atoms with van der Waals surface area (Å²) in [5.41, 5.74) is 1.15. The van der Waals surface area contributed by atoms with E-state index in [1.807, 2.05) is 12.1 Å². The minimum Gasteiger partial charge on any atom is -0.385 e. The van der Waals surface area contributed by atoms with Crippen LogP contribution in [0.2, 0.25) is 0 Å². The first-order valence-corrected chi connectivity index (χ1v) is 6.60. The number of hydrogen-bond donors (Lipinski definition) is 1. The van der Waals surface area contributed by atoms with Gasteiger partial charge in [-0.15, -0.1) is 0 Å². The zero-order valence-electron chi connectivity index (χ0n) is 11.0. The number of nitrogens with one attached hydrogen (secondary N) is 1. The fourth-order valence-electron chi connectivity index (χ4n) is 2.64. The van der Waals surface area contributed by atoms with E-state index in [-0.39, 0.29) is 0 Å². The Bertz CT molecular complexity index is 715. The molecule has 0 amide bonds. The molecule has 1 unspecified atom stereocenters. The molecule has 0 fully saturated rings. The Labute approximate surface area is 119 Å². The molecule has 1 aliphatic rings. The maximum absolute atomic E-state index is 13.8. The van der Waals surface area contributed by atoms with Gasteiger partial charge in [-0.2, -0.15) is 0 Å². The Kier molecular flexibility index (Phi) is 3.41. The molecule has 3 rings (SSSR count). The van der Waals surface area contributed by atoms with Gasteiger partial charge in [-0.25, -0.2) is 13.2 Å². The number of benzene rings is 2. The Morgan fingerprint density at radius 2 is 1.81 bits per heavy atom. The highest BCUT2D eigenvalue weighted by atomic mass is 19.2. The van der Waals surface area contributed by atoms with E-state index in [0.29, 0.717) is 13.0 Å². The Balaban J connectivity index is 2.03. The summed E-state index contributed by atoms with van der Waals surface area (Å²) in [5, 5.41) is 3.15. The molecule has 1 atom stereocenters. The Morgan fingerprint density at radius 1 is 1.05 bits per heavy atom. The van der Waals surface area contributed by atoms with Crippen molar-refractivity contribution in [3.05, 3.63) is 65.0 Å². The minimum absolute atomic E-state index is 0.407. The number of halogens is 3. The molecule has 0 saturated heterocycles. The molecule has 1 aliphatic heterocycles. The second-order valence-corrected chi connectivity index (χ2v) is 4.94. The molecule has 0 radical (unpaired) electrons. The van der Waals surface area contributed by atoms with Crippen molar-refractivity contribution in [3.8, 4) is 0 Å². The molecule has 0 spiro atoms. The predicted molar refractivity (Wildman–Crippen MR) is 72.9 cm³/mol. The molecule has 108 valence electrons. The van der Waals surface area contributed by atoms with Gasteiger partial charge in [-0.3, -0.25) is 4.79 Å². The van der Waals surface area contributed by atoms with Crippen molar-refractivity contribution in [1.29, 1.82) is 0 Å². The smallest absolute Gasteiger partial charge is 0.195 e. The molecule has 0 saturated carbocycles. The number of para-hydroxylation sites is 1. The first-order chi connectivity index (χ1) is 10.1. The fourth-order valence-corrected chi connectivity index (χ4v) is 2.64. The first kappa shape index (κ1) is 13.7. The second kappa shape index (κ2) is 5.24. The van der Waals surface area contributed by atoms with Crippen molar-refractivity contribution in [2.45, 2.75) is 12.3 Å². The van der Waals surface area contributed by atoms with E-state index in [0.717, 1.165) is 23.4 Å². The number of ketones is 1. The van der Waals surface area contributed by atoms with Crippen LogP contribution in [0.1, 0.15) is 28.3 Å². The molecule has 0 bridgehead atoms. The Hall–Kier alpha value is -2.30. The third-order valence-electron chi connectivity index (χ3n) is 3.70. The normalized spacial score (nSPS) is 17.0. The third-order valence-corrected chi connectivity index (χ3v) is 3.70. The van der Waals surface area contributed by atoms with Gasteiger partial charge >= 0.3 is 0 Å². The van der Waals surface area contributed by atoms with Crippen LogP contribution in [0, 0.1) is 17.5 Å². The van der Waals surface area contributed by atoms with Crippen molar-refractivity contribution in [2.24, 2.45) is 0 Å². The summed E-state index contributed by atoms with van der Waals surface area (Å²) in [5.74, 6) is -5.41. The lowest BCUT2D eigenvalue weighted by Gasteiger charge is -2.25. The van der Waals surface area contributed by atoms with Gasteiger partial charge in [0, 0.05) is 12.2 Å². The topological polar surface area (TPSA) is 29.1 Å². The molecular formula is C16H12F3NO. The van der Waals surface area contributed by atoms with E-state index in [2.05, 4.69) is 5.32 Å². The van der Waals surface area contributed by atoms with Crippen LogP contribution in [0.25, 0.3) is 0 Å². The quantitative estimate of drug-likeness (QED) is 0.672. The lowest BCUT2D eigenvalue weighted by molar-refractivity contribution is 0.0950. The minimum atomic E-state index is -1.61. The predicted octanol–water partition coefficient (Wildman–Crippen LogP) is 3.89. The highest BCUT2D eigenvalue weighted by Crippen LogP contribution is 2.34. The first-order valence-electron chi connectivity index (χ1n) is 6.60. The van der Waals surface area contributed by atoms with Gasteiger partial charge in [0.25, 0.3) is 0 Å². The second-order valence-electron chi connectivity index (χ2n) is 4.94. The maximum atomic E-state index is 13.8. The number of rotatable bonds is 2. The van der Waals surface area contributed by atoms with Crippen LogP contribution < -0.4 is 5.32 Å². The summed E-state index contributed by atoms with van der Waals surface area (Å²) >= 11 is 0. The largest absolute Gasteiger partial charge is 0.385 e. The molecule has 2 nitrogen and oxygen atoms in total. The van der Waals surface area contributed by atoms with E-state index in [4.69, 9.17) is 0 Å². The van der Waals surface area contributed by atoms with Crippen molar-refractivity contribution in [1.82, 2.24) is 0 Å². The van der Waals surface area contributed by atoms with Crippen molar-refractivity contribution < 1.29 is 18.0 Å². The molecule has 2 aromatic carbocycles. The van der Waals surface area contributed by atoms with E-state index in [9.17, 15) is 18.0 Å². The van der Waals surface area contributed by atoms with Gasteiger partial charge in [0.15, 0.2) is 23.2 Å². The van der Waals surface area contributed by atoms with Crippen LogP contribution in [0.3, 0.4) is 0 Å². The van der Waals surface area contributed by atoms with Gasteiger partial charge < -0.3 is 5.32 Å². The molecule has 0 aromatic heterocycles. The summed E-state index contributed by atoms with van der Waals surface area (Å²) in [4.78, 5) is 12.5. The van der Waals surface area contributed by atoms with Crippen molar-refractivity contribution >= 4 is 11.5 Å². The molecule has 5 heteroatoms. The van der Waals surface area contributed by atoms with Crippen LogP contribution in [0.15, 0.2) is 36.4 Å². The summed E-state index contributed by atoms with van der Waals surface area (Å²) in [6.45, 7) is 0.568. The van der Waals surface area contributed by atoms with E-state index in [1.165, 1.54) is 0 Å². The van der Waals surface area contributed by atoms with E-state index in [1.54, 1.807) is 12.1 Å². The molecule has 2 aromatic rings. The lowest BCUT2D eigenvalue weighted by Crippen LogP contribution is -2.24. The molecule has 0 aliphatic carbocycles. The molecule has 1 heterocycles. The van der Waals surface area contributed by atoms with Crippen LogP contribution >= 0.6 is 0 Å². The van der Waals surface area contributed by atoms with Crippen LogP contribution in [-0.2, 0) is 0 Å². The summed E-state index contributed by atoms with van der Waals surface area (Å²) < 4.78 is 40.1. The summed E-state index contributed by atoms with van der Waals surface area (Å²) in [6, 6.07) is 9.00. The van der Waals surface area contributed by atoms with Crippen LogP contribution in [0.4, 0.5) is 18.9 Å². The highest BCUT2D eigenvalue weighted by Gasteiger charge is 2.30. The monoisotopic (exact) mass is 291 g/mol. The average molecular weight is 291 g/mol. The van der Waals surface area contributed by atoms with Gasteiger partial charge in [-0.05, 0) is 30.2 Å². The fraction of sp³-hybridized carbons (Fsp3) is 0.188.